The van der Waals surface area contributed by atoms with Gasteiger partial charge < -0.3 is 5.32 Å². The van der Waals surface area contributed by atoms with E-state index in [1.807, 2.05) is 27.7 Å². The molecule has 0 aliphatic rings. The number of carbonyl (C=O) groups excluding carboxylic acids is 1. The molecule has 0 aliphatic heterocycles. The van der Waals surface area contributed by atoms with Gasteiger partial charge in [-0.2, -0.15) is 14.7 Å². The summed E-state index contributed by atoms with van der Waals surface area (Å²) in [6.07, 6.45) is 2.25. The van der Waals surface area contributed by atoms with E-state index in [0.717, 1.165) is 22.5 Å². The van der Waals surface area contributed by atoms with E-state index in [-0.39, 0.29) is 23.3 Å². The number of fused-ring (bicyclic) bond motifs is 1. The van der Waals surface area contributed by atoms with Gasteiger partial charge in [0.2, 0.25) is 15.9 Å². The van der Waals surface area contributed by atoms with Crippen LogP contribution in [0.1, 0.15) is 48.3 Å². The molecule has 0 aliphatic carbocycles. The molecule has 10 heteroatoms. The van der Waals surface area contributed by atoms with Crippen molar-refractivity contribution in [3.63, 3.8) is 0 Å². The predicted octanol–water partition coefficient (Wildman–Crippen LogP) is 2.50. The van der Waals surface area contributed by atoms with Crippen molar-refractivity contribution in [2.75, 3.05) is 7.05 Å². The van der Waals surface area contributed by atoms with Gasteiger partial charge in [0, 0.05) is 37.4 Å². The third-order valence-corrected chi connectivity index (χ3v) is 7.80. The van der Waals surface area contributed by atoms with Crippen LogP contribution in [0.3, 0.4) is 0 Å². The van der Waals surface area contributed by atoms with Crippen molar-refractivity contribution in [3.05, 3.63) is 58.5 Å². The molecule has 3 aromatic rings. The quantitative estimate of drug-likeness (QED) is 0.542. The number of nitriles is 1. The molecule has 1 amide bonds. The van der Waals surface area contributed by atoms with Crippen LogP contribution < -0.4 is 5.32 Å². The van der Waals surface area contributed by atoms with Crippen molar-refractivity contribution in [3.8, 4) is 6.07 Å². The second-order valence-electron chi connectivity index (χ2n) is 8.20. The smallest absolute Gasteiger partial charge is 0.243 e. The first-order valence-corrected chi connectivity index (χ1v) is 12.1. The number of nitrogens with zero attached hydrogens (tertiary/aromatic N) is 5. The number of aryl methyl sites for hydroxylation is 2. The summed E-state index contributed by atoms with van der Waals surface area (Å²) in [7, 11) is -1.98. The third-order valence-electron chi connectivity index (χ3n) is 5.75. The zero-order chi connectivity index (χ0) is 24.3. The molecule has 0 unspecified atom stereocenters. The van der Waals surface area contributed by atoms with E-state index >= 15 is 0 Å². The monoisotopic (exact) mass is 468 g/mol. The Balaban J connectivity index is 1.61. The second kappa shape index (κ2) is 9.68. The van der Waals surface area contributed by atoms with Crippen LogP contribution >= 0.6 is 0 Å². The lowest BCUT2D eigenvalue weighted by Crippen LogP contribution is -2.33. The summed E-state index contributed by atoms with van der Waals surface area (Å²) in [6, 6.07) is 8.47. The fourth-order valence-electron chi connectivity index (χ4n) is 3.50. The summed E-state index contributed by atoms with van der Waals surface area (Å²) >= 11 is 0. The lowest BCUT2D eigenvalue weighted by molar-refractivity contribution is -0.121. The van der Waals surface area contributed by atoms with E-state index in [2.05, 4.69) is 21.5 Å². The van der Waals surface area contributed by atoms with E-state index in [9.17, 15) is 18.5 Å². The first-order chi connectivity index (χ1) is 15.6. The summed E-state index contributed by atoms with van der Waals surface area (Å²) in [6.45, 7) is 7.70. The summed E-state index contributed by atoms with van der Waals surface area (Å²) in [5, 5.41) is 16.3. The molecule has 3 rings (SSSR count). The molecule has 1 aromatic carbocycles. The molecule has 2 heterocycles. The lowest BCUT2D eigenvalue weighted by atomic mass is 10.1. The molecule has 0 saturated carbocycles. The third kappa shape index (κ3) is 5.05. The average molecular weight is 469 g/mol. The van der Waals surface area contributed by atoms with E-state index < -0.39 is 10.0 Å². The average Bonchev–Trinajstić information content (AvgIpc) is 3.20. The first kappa shape index (κ1) is 24.4. The Kier molecular flexibility index (Phi) is 7.15. The standard InChI is InChI=1S/C23H28N6O3S/c1-15(2)28(5)33(31,32)20-8-6-18(7-9-20)13-25-22(30)11-10-21-16(3)27-23-19(12-24)14-26-29(23)17(21)4/h6-9,14-15H,10-11,13H2,1-5H3,(H,25,30). The van der Waals surface area contributed by atoms with Crippen LogP contribution in [0.5, 0.6) is 0 Å². The van der Waals surface area contributed by atoms with Gasteiger partial charge in [-0.05, 0) is 57.4 Å². The van der Waals surface area contributed by atoms with Gasteiger partial charge in [0.1, 0.15) is 11.6 Å². The SMILES string of the molecule is Cc1nc2c(C#N)cnn2c(C)c1CCC(=O)NCc1ccc(S(=O)(=O)N(C)C(C)C)cc1. The van der Waals surface area contributed by atoms with Crippen molar-refractivity contribution in [1.29, 1.82) is 5.26 Å². The van der Waals surface area contributed by atoms with Gasteiger partial charge in [-0.1, -0.05) is 12.1 Å². The fraction of sp³-hybridized carbons (Fsp3) is 0.391. The maximum atomic E-state index is 12.6. The largest absolute Gasteiger partial charge is 0.352 e. The van der Waals surface area contributed by atoms with E-state index in [1.165, 1.54) is 10.5 Å². The maximum absolute atomic E-state index is 12.6. The molecule has 9 nitrogen and oxygen atoms in total. The Hall–Kier alpha value is -3.29. The van der Waals surface area contributed by atoms with E-state index in [4.69, 9.17) is 0 Å². The topological polar surface area (TPSA) is 120 Å². The summed E-state index contributed by atoms with van der Waals surface area (Å²) < 4.78 is 28.1. The number of benzene rings is 1. The number of hydrogen-bond acceptors (Lipinski definition) is 6. The molecule has 1 N–H and O–H groups in total. The number of sulfonamides is 1. The Bertz CT molecular complexity index is 1320. The summed E-state index contributed by atoms with van der Waals surface area (Å²) in [4.78, 5) is 17.1. The van der Waals surface area contributed by atoms with Gasteiger partial charge in [-0.25, -0.2) is 17.9 Å². The molecule has 0 radical (unpaired) electrons. The Morgan fingerprint density at radius 2 is 1.91 bits per heavy atom. The zero-order valence-corrected chi connectivity index (χ0v) is 20.3. The van der Waals surface area contributed by atoms with Crippen LogP contribution in [0.15, 0.2) is 35.4 Å². The Morgan fingerprint density at radius 1 is 1.24 bits per heavy atom. The highest BCUT2D eigenvalue weighted by atomic mass is 32.2. The summed E-state index contributed by atoms with van der Waals surface area (Å²) in [5.74, 6) is -0.122. The van der Waals surface area contributed by atoms with Crippen molar-refractivity contribution in [1.82, 2.24) is 24.2 Å². The number of carbonyl (C=O) groups is 1. The molecule has 174 valence electrons. The van der Waals surface area contributed by atoms with E-state index in [0.29, 0.717) is 24.2 Å². The Labute approximate surface area is 194 Å². The molecule has 0 atom stereocenters. The number of amides is 1. The van der Waals surface area contributed by atoms with Crippen LogP contribution in [0.4, 0.5) is 0 Å². The number of nitrogens with one attached hydrogen (secondary N) is 1. The number of rotatable bonds is 8. The first-order valence-electron chi connectivity index (χ1n) is 10.6. The molecule has 2 aromatic heterocycles. The lowest BCUT2D eigenvalue weighted by Gasteiger charge is -2.21. The normalized spacial score (nSPS) is 11.8. The van der Waals surface area contributed by atoms with Crippen molar-refractivity contribution in [2.45, 2.75) is 58.0 Å². The minimum atomic E-state index is -3.53. The molecular weight excluding hydrogens is 440 g/mol. The summed E-state index contributed by atoms with van der Waals surface area (Å²) in [5.41, 5.74) is 4.30. The van der Waals surface area contributed by atoms with Gasteiger partial charge in [0.05, 0.1) is 11.1 Å². The highest BCUT2D eigenvalue weighted by Gasteiger charge is 2.22. The fourth-order valence-corrected chi connectivity index (χ4v) is 4.87. The van der Waals surface area contributed by atoms with E-state index in [1.54, 1.807) is 35.8 Å². The number of aromatic nitrogens is 3. The van der Waals surface area contributed by atoms with Crippen LogP contribution in [0.2, 0.25) is 0 Å². The minimum absolute atomic E-state index is 0.122. The predicted molar refractivity (Wildman–Crippen MR) is 124 cm³/mol. The minimum Gasteiger partial charge on any atom is -0.352 e. The highest BCUT2D eigenvalue weighted by Crippen LogP contribution is 2.19. The molecule has 0 saturated heterocycles. The van der Waals surface area contributed by atoms with Crippen LogP contribution in [0.25, 0.3) is 5.65 Å². The van der Waals surface area contributed by atoms with Gasteiger partial charge >= 0.3 is 0 Å². The number of hydrogen-bond donors (Lipinski definition) is 1. The van der Waals surface area contributed by atoms with Crippen molar-refractivity contribution in [2.24, 2.45) is 0 Å². The van der Waals surface area contributed by atoms with Gasteiger partial charge in [0.15, 0.2) is 5.65 Å². The van der Waals surface area contributed by atoms with Crippen molar-refractivity contribution >= 4 is 21.6 Å². The van der Waals surface area contributed by atoms with Crippen LogP contribution in [0, 0.1) is 25.2 Å². The van der Waals surface area contributed by atoms with Crippen LogP contribution in [-0.2, 0) is 27.8 Å². The Morgan fingerprint density at radius 3 is 2.52 bits per heavy atom. The molecule has 0 bridgehead atoms. The molecule has 0 spiro atoms. The van der Waals surface area contributed by atoms with Gasteiger partial charge in [0.25, 0.3) is 0 Å². The van der Waals surface area contributed by atoms with Crippen molar-refractivity contribution < 1.29 is 13.2 Å². The molecule has 33 heavy (non-hydrogen) atoms. The second-order valence-corrected chi connectivity index (χ2v) is 10.2. The van der Waals surface area contributed by atoms with Gasteiger partial charge in [-0.3, -0.25) is 4.79 Å². The maximum Gasteiger partial charge on any atom is 0.243 e. The van der Waals surface area contributed by atoms with Gasteiger partial charge in [-0.15, -0.1) is 0 Å². The molecular formula is C23H28N6O3S. The zero-order valence-electron chi connectivity index (χ0n) is 19.5. The highest BCUT2D eigenvalue weighted by molar-refractivity contribution is 7.89. The van der Waals surface area contributed by atoms with Crippen LogP contribution in [-0.4, -0.2) is 46.3 Å². The molecule has 0 fully saturated rings.